The lowest BCUT2D eigenvalue weighted by Crippen LogP contribution is -2.36. The first-order valence-electron chi connectivity index (χ1n) is 6.01. The van der Waals surface area contributed by atoms with Gasteiger partial charge in [0.2, 0.25) is 5.91 Å². The monoisotopic (exact) mass is 238 g/mol. The first-order chi connectivity index (χ1) is 7.90. The van der Waals surface area contributed by atoms with Gasteiger partial charge in [0.1, 0.15) is 0 Å². The Kier molecular flexibility index (Phi) is 4.69. The molecule has 0 aliphatic rings. The Morgan fingerprint density at radius 2 is 2.12 bits per heavy atom. The Hall–Kier alpha value is -1.36. The highest BCUT2D eigenvalue weighted by molar-refractivity contribution is 5.93. The van der Waals surface area contributed by atoms with Crippen LogP contribution in [0.4, 0.5) is 5.82 Å². The van der Waals surface area contributed by atoms with Crippen molar-refractivity contribution in [1.82, 2.24) is 9.78 Å². The maximum Gasteiger partial charge on any atom is 0.242 e. The lowest BCUT2D eigenvalue weighted by atomic mass is 10.0. The Balaban J connectivity index is 2.55. The molecule has 0 spiro atoms. The molecule has 0 unspecified atom stereocenters. The molecule has 0 saturated heterocycles. The van der Waals surface area contributed by atoms with Gasteiger partial charge >= 0.3 is 0 Å². The van der Waals surface area contributed by atoms with Crippen molar-refractivity contribution in [3.05, 3.63) is 12.3 Å². The van der Waals surface area contributed by atoms with Crippen molar-refractivity contribution < 1.29 is 4.79 Å². The smallest absolute Gasteiger partial charge is 0.242 e. The molecule has 96 valence electrons. The number of hydrogen-bond acceptors (Lipinski definition) is 3. The maximum absolute atomic E-state index is 11.7. The summed E-state index contributed by atoms with van der Waals surface area (Å²) in [6.07, 6.45) is 2.52. The molecule has 5 heteroatoms. The molecule has 0 bridgehead atoms. The summed E-state index contributed by atoms with van der Waals surface area (Å²) >= 11 is 0. The molecule has 0 saturated carbocycles. The van der Waals surface area contributed by atoms with E-state index in [2.05, 4.69) is 10.4 Å². The third kappa shape index (κ3) is 4.19. The standard InChI is InChI=1S/C12H22N4O/c1-8(2)7-10(13)12(17)14-11-5-6-16(15-11)9(3)4/h5-6,8-10H,7,13H2,1-4H3,(H,14,15,17)/t10-/m0/s1. The average molecular weight is 238 g/mol. The quantitative estimate of drug-likeness (QED) is 0.821. The van der Waals surface area contributed by atoms with Crippen LogP contribution in [0.3, 0.4) is 0 Å². The van der Waals surface area contributed by atoms with Crippen molar-refractivity contribution in [2.75, 3.05) is 5.32 Å². The zero-order valence-corrected chi connectivity index (χ0v) is 11.0. The lowest BCUT2D eigenvalue weighted by Gasteiger charge is -2.12. The molecule has 17 heavy (non-hydrogen) atoms. The van der Waals surface area contributed by atoms with Crippen LogP contribution in [0.15, 0.2) is 12.3 Å². The minimum absolute atomic E-state index is 0.173. The van der Waals surface area contributed by atoms with Crippen molar-refractivity contribution in [2.45, 2.75) is 46.2 Å². The first kappa shape index (κ1) is 13.7. The van der Waals surface area contributed by atoms with E-state index < -0.39 is 6.04 Å². The largest absolute Gasteiger partial charge is 0.320 e. The molecule has 1 aromatic heterocycles. The molecule has 0 aliphatic carbocycles. The number of hydrogen-bond donors (Lipinski definition) is 2. The van der Waals surface area contributed by atoms with Gasteiger partial charge in [0.15, 0.2) is 5.82 Å². The van der Waals surface area contributed by atoms with Gasteiger partial charge in [-0.15, -0.1) is 0 Å². The van der Waals surface area contributed by atoms with Gasteiger partial charge in [-0.1, -0.05) is 13.8 Å². The maximum atomic E-state index is 11.7. The second kappa shape index (κ2) is 5.82. The second-order valence-electron chi connectivity index (χ2n) is 5.00. The van der Waals surface area contributed by atoms with Gasteiger partial charge in [-0.3, -0.25) is 9.48 Å². The van der Waals surface area contributed by atoms with Gasteiger partial charge in [0, 0.05) is 18.3 Å². The molecule has 0 aromatic carbocycles. The molecule has 5 nitrogen and oxygen atoms in total. The number of amides is 1. The fourth-order valence-corrected chi connectivity index (χ4v) is 1.53. The predicted octanol–water partition coefficient (Wildman–Crippen LogP) is 1.78. The van der Waals surface area contributed by atoms with E-state index in [0.29, 0.717) is 18.2 Å². The number of nitrogens with one attached hydrogen (secondary N) is 1. The Morgan fingerprint density at radius 1 is 1.47 bits per heavy atom. The summed E-state index contributed by atoms with van der Waals surface area (Å²) in [5, 5.41) is 6.97. The third-order valence-corrected chi connectivity index (χ3v) is 2.45. The second-order valence-corrected chi connectivity index (χ2v) is 5.00. The number of carbonyl (C=O) groups is 1. The van der Waals surface area contributed by atoms with Crippen LogP contribution in [0, 0.1) is 5.92 Å². The zero-order chi connectivity index (χ0) is 13.0. The van der Waals surface area contributed by atoms with E-state index in [4.69, 9.17) is 5.73 Å². The van der Waals surface area contributed by atoms with Crippen molar-refractivity contribution in [1.29, 1.82) is 0 Å². The zero-order valence-electron chi connectivity index (χ0n) is 11.0. The molecule has 0 aliphatic heterocycles. The first-order valence-corrected chi connectivity index (χ1v) is 6.01. The summed E-state index contributed by atoms with van der Waals surface area (Å²) in [4.78, 5) is 11.7. The van der Waals surface area contributed by atoms with E-state index in [1.54, 1.807) is 10.7 Å². The highest BCUT2D eigenvalue weighted by Crippen LogP contribution is 2.09. The minimum atomic E-state index is -0.473. The SMILES string of the molecule is CC(C)C[C@H](N)C(=O)Nc1ccn(C(C)C)n1. The van der Waals surface area contributed by atoms with Crippen molar-refractivity contribution >= 4 is 11.7 Å². The molecule has 1 rings (SSSR count). The van der Waals surface area contributed by atoms with Crippen molar-refractivity contribution in [2.24, 2.45) is 11.7 Å². The summed E-state index contributed by atoms with van der Waals surface area (Å²) in [5.41, 5.74) is 5.79. The van der Waals surface area contributed by atoms with Crippen LogP contribution in [0.2, 0.25) is 0 Å². The third-order valence-electron chi connectivity index (χ3n) is 2.45. The average Bonchev–Trinajstić information content (AvgIpc) is 2.65. The number of rotatable bonds is 5. The van der Waals surface area contributed by atoms with E-state index in [1.807, 2.05) is 33.9 Å². The summed E-state index contributed by atoms with van der Waals surface area (Å²) in [7, 11) is 0. The topological polar surface area (TPSA) is 72.9 Å². The molecule has 1 amide bonds. The van der Waals surface area contributed by atoms with E-state index >= 15 is 0 Å². The molecule has 1 aromatic rings. The van der Waals surface area contributed by atoms with Gasteiger partial charge in [0.25, 0.3) is 0 Å². The highest BCUT2D eigenvalue weighted by Gasteiger charge is 2.16. The van der Waals surface area contributed by atoms with Crippen LogP contribution in [0.1, 0.15) is 40.2 Å². The number of nitrogens with two attached hydrogens (primary N) is 1. The van der Waals surface area contributed by atoms with Crippen LogP contribution in [-0.4, -0.2) is 21.7 Å². The van der Waals surface area contributed by atoms with Crippen LogP contribution in [-0.2, 0) is 4.79 Å². The van der Waals surface area contributed by atoms with E-state index in [0.717, 1.165) is 0 Å². The van der Waals surface area contributed by atoms with Gasteiger partial charge in [-0.05, 0) is 26.2 Å². The fourth-order valence-electron chi connectivity index (χ4n) is 1.53. The van der Waals surface area contributed by atoms with Gasteiger partial charge in [-0.25, -0.2) is 0 Å². The van der Waals surface area contributed by atoms with E-state index in [1.165, 1.54) is 0 Å². The molecular weight excluding hydrogens is 216 g/mol. The van der Waals surface area contributed by atoms with Crippen LogP contribution in [0.25, 0.3) is 0 Å². The Morgan fingerprint density at radius 3 is 2.59 bits per heavy atom. The molecular formula is C12H22N4O. The molecule has 0 radical (unpaired) electrons. The fraction of sp³-hybridized carbons (Fsp3) is 0.667. The van der Waals surface area contributed by atoms with Crippen LogP contribution >= 0.6 is 0 Å². The Labute approximate surface area is 102 Å². The van der Waals surface area contributed by atoms with Gasteiger partial charge < -0.3 is 11.1 Å². The molecule has 1 atom stereocenters. The summed E-state index contributed by atoms with van der Waals surface area (Å²) < 4.78 is 1.80. The minimum Gasteiger partial charge on any atom is -0.320 e. The Bertz CT molecular complexity index is 370. The molecule has 0 fully saturated rings. The van der Waals surface area contributed by atoms with Crippen LogP contribution < -0.4 is 11.1 Å². The van der Waals surface area contributed by atoms with E-state index in [-0.39, 0.29) is 11.9 Å². The lowest BCUT2D eigenvalue weighted by molar-refractivity contribution is -0.117. The van der Waals surface area contributed by atoms with Crippen molar-refractivity contribution in [3.8, 4) is 0 Å². The van der Waals surface area contributed by atoms with Crippen molar-refractivity contribution in [3.63, 3.8) is 0 Å². The van der Waals surface area contributed by atoms with E-state index in [9.17, 15) is 4.79 Å². The summed E-state index contributed by atoms with van der Waals surface area (Å²) in [5.74, 6) is 0.791. The number of anilines is 1. The normalized spacial score (nSPS) is 13.1. The molecule has 1 heterocycles. The molecule has 3 N–H and O–H groups in total. The number of nitrogens with zero attached hydrogens (tertiary/aromatic N) is 2. The summed E-state index contributed by atoms with van der Waals surface area (Å²) in [6.45, 7) is 8.15. The van der Waals surface area contributed by atoms with Gasteiger partial charge in [-0.2, -0.15) is 5.10 Å². The number of aromatic nitrogens is 2. The predicted molar refractivity (Wildman–Crippen MR) is 68.7 cm³/mol. The number of carbonyl (C=O) groups excluding carboxylic acids is 1. The summed E-state index contributed by atoms with van der Waals surface area (Å²) in [6, 6.07) is 1.59. The highest BCUT2D eigenvalue weighted by atomic mass is 16.2. The van der Waals surface area contributed by atoms with Crippen LogP contribution in [0.5, 0.6) is 0 Å². The van der Waals surface area contributed by atoms with Gasteiger partial charge in [0.05, 0.1) is 6.04 Å².